The Balaban J connectivity index is 2.63. The van der Waals surface area contributed by atoms with Crippen molar-refractivity contribution >= 4 is 0 Å². The number of ether oxygens (including phenoxy) is 1. The molecule has 0 amide bonds. The van der Waals surface area contributed by atoms with Crippen LogP contribution in [0.5, 0.6) is 5.75 Å². The average Bonchev–Trinajstić information content (AvgIpc) is 2.38. The summed E-state index contributed by atoms with van der Waals surface area (Å²) in [4.78, 5) is 0. The zero-order valence-electron chi connectivity index (χ0n) is 11.2. The van der Waals surface area contributed by atoms with Crippen molar-refractivity contribution in [2.24, 2.45) is 0 Å². The normalized spacial score (nSPS) is 13.6. The summed E-state index contributed by atoms with van der Waals surface area (Å²) < 4.78 is 54.3. The standard InChI is InChI=1S/C13H17F4NO2/c1-8-3-4-11(20-2)9(5-8)10(19)6-18-7-13(16,17)12(14)15/h3-5,10,12,18-19H,6-7H2,1-2H3. The van der Waals surface area contributed by atoms with Crippen LogP contribution < -0.4 is 10.1 Å². The number of benzene rings is 1. The first-order valence-corrected chi connectivity index (χ1v) is 5.97. The van der Waals surface area contributed by atoms with E-state index in [2.05, 4.69) is 5.32 Å². The van der Waals surface area contributed by atoms with Gasteiger partial charge in [-0.2, -0.15) is 8.78 Å². The zero-order valence-corrected chi connectivity index (χ0v) is 11.2. The molecule has 0 fully saturated rings. The maximum atomic E-state index is 12.7. The molecule has 2 N–H and O–H groups in total. The number of methoxy groups -OCH3 is 1. The molecule has 114 valence electrons. The van der Waals surface area contributed by atoms with Gasteiger partial charge in [-0.25, -0.2) is 8.78 Å². The first-order chi connectivity index (χ1) is 9.27. The zero-order chi connectivity index (χ0) is 15.3. The molecule has 7 heteroatoms. The van der Waals surface area contributed by atoms with Gasteiger partial charge in [-0.3, -0.25) is 0 Å². The average molecular weight is 295 g/mol. The molecule has 1 aromatic rings. The van der Waals surface area contributed by atoms with Crippen LogP contribution in [0.3, 0.4) is 0 Å². The van der Waals surface area contributed by atoms with E-state index in [1.165, 1.54) is 7.11 Å². The smallest absolute Gasteiger partial charge is 0.319 e. The van der Waals surface area contributed by atoms with E-state index in [1.54, 1.807) is 25.1 Å². The lowest BCUT2D eigenvalue weighted by Gasteiger charge is -2.19. The van der Waals surface area contributed by atoms with Crippen molar-refractivity contribution in [1.82, 2.24) is 5.32 Å². The Kier molecular flexibility index (Phi) is 5.76. The van der Waals surface area contributed by atoms with Crippen molar-refractivity contribution in [3.05, 3.63) is 29.3 Å². The maximum absolute atomic E-state index is 12.7. The SMILES string of the molecule is COc1ccc(C)cc1C(O)CNCC(F)(F)C(F)F. The summed E-state index contributed by atoms with van der Waals surface area (Å²) in [7, 11) is 1.42. The van der Waals surface area contributed by atoms with Gasteiger partial charge in [0.15, 0.2) is 0 Å². The quantitative estimate of drug-likeness (QED) is 0.760. The van der Waals surface area contributed by atoms with E-state index in [0.29, 0.717) is 11.3 Å². The molecule has 0 aromatic heterocycles. The highest BCUT2D eigenvalue weighted by Crippen LogP contribution is 2.26. The predicted octanol–water partition coefficient (Wildman–Crippen LogP) is 2.53. The van der Waals surface area contributed by atoms with Gasteiger partial charge in [0.2, 0.25) is 0 Å². The molecule has 0 aliphatic rings. The van der Waals surface area contributed by atoms with Gasteiger partial charge in [0.1, 0.15) is 5.75 Å². The molecule has 1 aromatic carbocycles. The van der Waals surface area contributed by atoms with E-state index < -0.39 is 25.0 Å². The van der Waals surface area contributed by atoms with Crippen LogP contribution in [0, 0.1) is 6.92 Å². The van der Waals surface area contributed by atoms with Crippen LogP contribution in [0.2, 0.25) is 0 Å². The van der Waals surface area contributed by atoms with Crippen molar-refractivity contribution in [3.8, 4) is 5.75 Å². The second-order valence-electron chi connectivity index (χ2n) is 4.45. The number of hydrogen-bond donors (Lipinski definition) is 2. The first kappa shape index (κ1) is 16.7. The minimum atomic E-state index is -4.11. The molecule has 0 radical (unpaired) electrons. The van der Waals surface area contributed by atoms with Crippen LogP contribution in [-0.4, -0.2) is 37.7 Å². The summed E-state index contributed by atoms with van der Waals surface area (Å²) in [5.41, 5.74) is 1.28. The summed E-state index contributed by atoms with van der Waals surface area (Å²) in [6.45, 7) is 0.325. The summed E-state index contributed by atoms with van der Waals surface area (Å²) in [5, 5.41) is 12.1. The van der Waals surface area contributed by atoms with Crippen LogP contribution in [0.15, 0.2) is 18.2 Å². The monoisotopic (exact) mass is 295 g/mol. The second-order valence-corrected chi connectivity index (χ2v) is 4.45. The molecule has 20 heavy (non-hydrogen) atoms. The van der Waals surface area contributed by atoms with Crippen molar-refractivity contribution in [2.45, 2.75) is 25.4 Å². The summed E-state index contributed by atoms with van der Waals surface area (Å²) >= 11 is 0. The lowest BCUT2D eigenvalue weighted by molar-refractivity contribution is -0.125. The fourth-order valence-electron chi connectivity index (χ4n) is 1.68. The number of aliphatic hydroxyl groups excluding tert-OH is 1. The van der Waals surface area contributed by atoms with Crippen LogP contribution in [0.25, 0.3) is 0 Å². The molecular weight excluding hydrogens is 278 g/mol. The van der Waals surface area contributed by atoms with Crippen LogP contribution >= 0.6 is 0 Å². The molecule has 0 aliphatic carbocycles. The largest absolute Gasteiger partial charge is 0.496 e. The van der Waals surface area contributed by atoms with Gasteiger partial charge in [0.05, 0.1) is 19.8 Å². The van der Waals surface area contributed by atoms with E-state index in [9.17, 15) is 22.7 Å². The Morgan fingerprint density at radius 3 is 2.55 bits per heavy atom. The Morgan fingerprint density at radius 1 is 1.35 bits per heavy atom. The van der Waals surface area contributed by atoms with Crippen LogP contribution in [0.4, 0.5) is 17.6 Å². The predicted molar refractivity (Wildman–Crippen MR) is 66.5 cm³/mol. The third-order valence-electron chi connectivity index (χ3n) is 2.76. The Morgan fingerprint density at radius 2 is 2.00 bits per heavy atom. The van der Waals surface area contributed by atoms with Gasteiger partial charge < -0.3 is 15.2 Å². The van der Waals surface area contributed by atoms with Crippen LogP contribution in [0.1, 0.15) is 17.2 Å². The maximum Gasteiger partial charge on any atom is 0.319 e. The van der Waals surface area contributed by atoms with Crippen molar-refractivity contribution in [3.63, 3.8) is 0 Å². The van der Waals surface area contributed by atoms with Gasteiger partial charge >= 0.3 is 12.3 Å². The number of rotatable bonds is 7. The lowest BCUT2D eigenvalue weighted by atomic mass is 10.1. The summed E-state index contributed by atoms with van der Waals surface area (Å²) in [5.74, 6) is -3.71. The molecular formula is C13H17F4NO2. The van der Waals surface area contributed by atoms with Gasteiger partial charge in [-0.1, -0.05) is 11.6 Å². The number of aryl methyl sites for hydroxylation is 1. The van der Waals surface area contributed by atoms with Gasteiger partial charge in [0.25, 0.3) is 0 Å². The van der Waals surface area contributed by atoms with E-state index in [-0.39, 0.29) is 6.54 Å². The third-order valence-corrected chi connectivity index (χ3v) is 2.76. The van der Waals surface area contributed by atoms with E-state index >= 15 is 0 Å². The highest BCUT2D eigenvalue weighted by atomic mass is 19.3. The number of alkyl halides is 4. The highest BCUT2D eigenvalue weighted by molar-refractivity contribution is 5.38. The third kappa shape index (κ3) is 4.35. The summed E-state index contributed by atoms with van der Waals surface area (Å²) in [6.07, 6.45) is -4.86. The van der Waals surface area contributed by atoms with E-state index in [1.807, 2.05) is 0 Å². The van der Waals surface area contributed by atoms with Crippen molar-refractivity contribution < 1.29 is 27.4 Å². The minimum Gasteiger partial charge on any atom is -0.496 e. The van der Waals surface area contributed by atoms with Crippen molar-refractivity contribution in [2.75, 3.05) is 20.2 Å². The second kappa shape index (κ2) is 6.90. The number of nitrogens with one attached hydrogen (secondary N) is 1. The lowest BCUT2D eigenvalue weighted by Crippen LogP contribution is -2.40. The number of aliphatic hydroxyl groups is 1. The Hall–Kier alpha value is -1.34. The minimum absolute atomic E-state index is 0.276. The Bertz CT molecular complexity index is 440. The molecule has 0 bridgehead atoms. The van der Waals surface area contributed by atoms with E-state index in [0.717, 1.165) is 5.56 Å². The topological polar surface area (TPSA) is 41.5 Å². The molecule has 0 saturated heterocycles. The fraction of sp³-hybridized carbons (Fsp3) is 0.538. The number of hydrogen-bond acceptors (Lipinski definition) is 3. The van der Waals surface area contributed by atoms with Gasteiger partial charge in [-0.15, -0.1) is 0 Å². The molecule has 0 saturated carbocycles. The molecule has 0 aliphatic heterocycles. The number of halogens is 4. The highest BCUT2D eigenvalue weighted by Gasteiger charge is 2.40. The summed E-state index contributed by atoms with van der Waals surface area (Å²) in [6, 6.07) is 5.06. The van der Waals surface area contributed by atoms with Crippen molar-refractivity contribution in [1.29, 1.82) is 0 Å². The van der Waals surface area contributed by atoms with Gasteiger partial charge in [0, 0.05) is 12.1 Å². The molecule has 1 atom stereocenters. The molecule has 0 heterocycles. The molecule has 1 rings (SSSR count). The van der Waals surface area contributed by atoms with E-state index in [4.69, 9.17) is 4.74 Å². The first-order valence-electron chi connectivity index (χ1n) is 5.97. The molecule has 3 nitrogen and oxygen atoms in total. The Labute approximate surface area is 114 Å². The molecule has 0 spiro atoms. The van der Waals surface area contributed by atoms with Gasteiger partial charge in [-0.05, 0) is 19.1 Å². The van der Waals surface area contributed by atoms with Crippen LogP contribution in [-0.2, 0) is 0 Å². The fourth-order valence-corrected chi connectivity index (χ4v) is 1.68. The molecule has 1 unspecified atom stereocenters.